The quantitative estimate of drug-likeness (QED) is 0.300. The first-order valence-electron chi connectivity index (χ1n) is 13.8. The minimum atomic E-state index is 0.781. The van der Waals surface area contributed by atoms with Gasteiger partial charge in [0.05, 0.1) is 37.8 Å². The van der Waals surface area contributed by atoms with E-state index in [9.17, 15) is 0 Å². The fourth-order valence-electron chi connectivity index (χ4n) is 5.62. The Balaban J connectivity index is 1.28. The zero-order valence-corrected chi connectivity index (χ0v) is 22.0. The lowest BCUT2D eigenvalue weighted by molar-refractivity contribution is 0.122. The summed E-state index contributed by atoms with van der Waals surface area (Å²) < 4.78 is 11.1. The zero-order chi connectivity index (χ0) is 26.0. The molecular formula is C33H32N4O2. The monoisotopic (exact) mass is 516 g/mol. The Hall–Kier alpha value is -4.13. The molecule has 39 heavy (non-hydrogen) atoms. The van der Waals surface area contributed by atoms with Crippen molar-refractivity contribution in [2.24, 2.45) is 0 Å². The van der Waals surface area contributed by atoms with E-state index in [0.29, 0.717) is 0 Å². The fourth-order valence-corrected chi connectivity index (χ4v) is 5.62. The molecule has 1 N–H and O–H groups in total. The molecule has 0 atom stereocenters. The molecule has 0 radical (unpaired) electrons. The van der Waals surface area contributed by atoms with Crippen LogP contribution in [0.4, 0.5) is 11.4 Å². The molecule has 5 aromatic rings. The molecule has 2 fully saturated rings. The lowest BCUT2D eigenvalue weighted by Crippen LogP contribution is -2.36. The summed E-state index contributed by atoms with van der Waals surface area (Å²) in [6.07, 6.45) is 2.11. The van der Waals surface area contributed by atoms with Crippen molar-refractivity contribution in [1.82, 2.24) is 9.97 Å². The summed E-state index contributed by atoms with van der Waals surface area (Å²) in [5.41, 5.74) is 10.1. The number of hydrogen-bond donors (Lipinski definition) is 1. The number of nitrogens with zero attached hydrogens (tertiary/aromatic N) is 3. The predicted octanol–water partition coefficient (Wildman–Crippen LogP) is 6.24. The molecule has 7 rings (SSSR count). The SMILES string of the molecule is c1ccc2c(-c3cc(-c4ccc(N5CCOCC5)cc4)nc(-c4ccc(N5CCOCC5)cc4)c3)c[nH]c2c1. The average molecular weight is 517 g/mol. The van der Waals surface area contributed by atoms with Crippen LogP contribution in [0.25, 0.3) is 44.5 Å². The van der Waals surface area contributed by atoms with E-state index in [1.165, 1.54) is 22.3 Å². The van der Waals surface area contributed by atoms with E-state index in [2.05, 4.69) is 106 Å². The molecule has 2 aliphatic rings. The van der Waals surface area contributed by atoms with Gasteiger partial charge in [0.25, 0.3) is 0 Å². The van der Waals surface area contributed by atoms with E-state index in [-0.39, 0.29) is 0 Å². The number of nitrogens with one attached hydrogen (secondary N) is 1. The minimum absolute atomic E-state index is 0.781. The molecule has 4 heterocycles. The van der Waals surface area contributed by atoms with Gasteiger partial charge in [-0.05, 0) is 48.0 Å². The first kappa shape index (κ1) is 23.9. The summed E-state index contributed by atoms with van der Waals surface area (Å²) in [5, 5.41) is 1.21. The van der Waals surface area contributed by atoms with Crippen molar-refractivity contribution in [3.63, 3.8) is 0 Å². The van der Waals surface area contributed by atoms with Crippen molar-refractivity contribution in [2.75, 3.05) is 62.4 Å². The summed E-state index contributed by atoms with van der Waals surface area (Å²) in [6.45, 7) is 6.84. The third-order valence-corrected chi connectivity index (χ3v) is 7.80. The topological polar surface area (TPSA) is 53.6 Å². The standard InChI is InChI=1S/C33H32N4O2/c1-2-4-31-29(3-1)30(23-34-31)26-21-32(24-5-9-27(10-6-24)36-13-17-38-18-14-36)35-33(22-26)25-7-11-28(12-8-25)37-15-19-39-20-16-37/h1-12,21-23,34H,13-20H2. The van der Waals surface area contributed by atoms with Crippen LogP contribution >= 0.6 is 0 Å². The number of para-hydroxylation sites is 1. The van der Waals surface area contributed by atoms with Crippen molar-refractivity contribution >= 4 is 22.3 Å². The zero-order valence-electron chi connectivity index (χ0n) is 22.0. The van der Waals surface area contributed by atoms with Gasteiger partial charge in [-0.1, -0.05) is 42.5 Å². The van der Waals surface area contributed by atoms with Gasteiger partial charge in [-0.3, -0.25) is 0 Å². The number of hydrogen-bond acceptors (Lipinski definition) is 5. The van der Waals surface area contributed by atoms with Crippen LogP contribution in [-0.4, -0.2) is 62.6 Å². The largest absolute Gasteiger partial charge is 0.378 e. The van der Waals surface area contributed by atoms with Gasteiger partial charge in [-0.2, -0.15) is 0 Å². The van der Waals surface area contributed by atoms with Crippen molar-refractivity contribution in [2.45, 2.75) is 0 Å². The number of ether oxygens (including phenoxy) is 2. The summed E-state index contributed by atoms with van der Waals surface area (Å²) in [7, 11) is 0. The lowest BCUT2D eigenvalue weighted by atomic mass is 9.99. The second-order valence-electron chi connectivity index (χ2n) is 10.2. The van der Waals surface area contributed by atoms with E-state index in [1.807, 2.05) is 0 Å². The highest BCUT2D eigenvalue weighted by atomic mass is 16.5. The van der Waals surface area contributed by atoms with Crippen LogP contribution in [0.5, 0.6) is 0 Å². The maximum absolute atomic E-state index is 5.53. The van der Waals surface area contributed by atoms with E-state index in [4.69, 9.17) is 14.5 Å². The second kappa shape index (κ2) is 10.6. The highest BCUT2D eigenvalue weighted by Crippen LogP contribution is 2.35. The molecule has 0 unspecified atom stereocenters. The van der Waals surface area contributed by atoms with Gasteiger partial charge in [0.15, 0.2) is 0 Å². The van der Waals surface area contributed by atoms with Gasteiger partial charge in [0, 0.05) is 71.3 Å². The molecule has 0 spiro atoms. The molecule has 0 amide bonds. The molecule has 196 valence electrons. The Morgan fingerprint density at radius 3 is 1.64 bits per heavy atom. The number of rotatable bonds is 5. The molecule has 0 aliphatic carbocycles. The van der Waals surface area contributed by atoms with E-state index in [1.54, 1.807) is 0 Å². The number of fused-ring (bicyclic) bond motifs is 1. The van der Waals surface area contributed by atoms with Crippen LogP contribution in [0.3, 0.4) is 0 Å². The number of anilines is 2. The third kappa shape index (κ3) is 4.89. The van der Waals surface area contributed by atoms with Gasteiger partial charge in [0.2, 0.25) is 0 Å². The van der Waals surface area contributed by atoms with Crippen molar-refractivity contribution < 1.29 is 9.47 Å². The maximum Gasteiger partial charge on any atom is 0.0715 e. The van der Waals surface area contributed by atoms with Gasteiger partial charge in [-0.25, -0.2) is 4.98 Å². The van der Waals surface area contributed by atoms with Crippen LogP contribution in [0, 0.1) is 0 Å². The Kier molecular flexibility index (Phi) is 6.48. The first-order chi connectivity index (χ1) is 19.3. The molecule has 2 aromatic heterocycles. The number of benzene rings is 3. The molecule has 0 bridgehead atoms. The molecule has 2 saturated heterocycles. The van der Waals surface area contributed by atoms with Crippen LogP contribution < -0.4 is 9.80 Å². The number of pyridine rings is 1. The highest BCUT2D eigenvalue weighted by molar-refractivity contribution is 5.96. The Morgan fingerprint density at radius 2 is 1.10 bits per heavy atom. The molecule has 6 heteroatoms. The van der Waals surface area contributed by atoms with Gasteiger partial charge >= 0.3 is 0 Å². The minimum Gasteiger partial charge on any atom is -0.378 e. The number of morpholine rings is 2. The van der Waals surface area contributed by atoms with Gasteiger partial charge < -0.3 is 24.3 Å². The summed E-state index contributed by atoms with van der Waals surface area (Å²) >= 11 is 0. The molecule has 6 nitrogen and oxygen atoms in total. The average Bonchev–Trinajstić information content (AvgIpc) is 3.46. The smallest absolute Gasteiger partial charge is 0.0715 e. The van der Waals surface area contributed by atoms with E-state index in [0.717, 1.165) is 86.2 Å². The van der Waals surface area contributed by atoms with Crippen molar-refractivity contribution in [3.8, 4) is 33.6 Å². The van der Waals surface area contributed by atoms with Crippen molar-refractivity contribution in [1.29, 1.82) is 0 Å². The van der Waals surface area contributed by atoms with E-state index < -0.39 is 0 Å². The summed E-state index contributed by atoms with van der Waals surface area (Å²) in [5.74, 6) is 0. The molecule has 0 saturated carbocycles. The first-order valence-corrected chi connectivity index (χ1v) is 13.8. The van der Waals surface area contributed by atoms with Crippen LogP contribution in [0.15, 0.2) is 91.1 Å². The van der Waals surface area contributed by atoms with Gasteiger partial charge in [-0.15, -0.1) is 0 Å². The van der Waals surface area contributed by atoms with Crippen LogP contribution in [0.1, 0.15) is 0 Å². The Morgan fingerprint density at radius 1 is 0.590 bits per heavy atom. The number of H-pyrrole nitrogens is 1. The summed E-state index contributed by atoms with van der Waals surface area (Å²) in [4.78, 5) is 13.4. The maximum atomic E-state index is 5.53. The second-order valence-corrected chi connectivity index (χ2v) is 10.2. The predicted molar refractivity (Wildman–Crippen MR) is 158 cm³/mol. The lowest BCUT2D eigenvalue weighted by Gasteiger charge is -2.29. The summed E-state index contributed by atoms with van der Waals surface area (Å²) in [6, 6.07) is 30.5. The number of aromatic nitrogens is 2. The Labute approximate surface area is 228 Å². The van der Waals surface area contributed by atoms with Crippen molar-refractivity contribution in [3.05, 3.63) is 91.1 Å². The van der Waals surface area contributed by atoms with E-state index >= 15 is 0 Å². The fraction of sp³-hybridized carbons (Fsp3) is 0.242. The Bertz CT molecular complexity index is 1480. The van der Waals surface area contributed by atoms with Gasteiger partial charge in [0.1, 0.15) is 0 Å². The third-order valence-electron chi connectivity index (χ3n) is 7.80. The highest BCUT2D eigenvalue weighted by Gasteiger charge is 2.15. The number of aromatic amines is 1. The van der Waals surface area contributed by atoms with Crippen LogP contribution in [-0.2, 0) is 9.47 Å². The molecule has 2 aliphatic heterocycles. The molecule has 3 aromatic carbocycles. The van der Waals surface area contributed by atoms with Crippen LogP contribution in [0.2, 0.25) is 0 Å². The normalized spacial score (nSPS) is 16.1. The molecular weight excluding hydrogens is 484 g/mol.